The van der Waals surface area contributed by atoms with E-state index in [0.717, 1.165) is 75.0 Å². The zero-order valence-corrected chi connectivity index (χ0v) is 23.7. The van der Waals surface area contributed by atoms with Crippen molar-refractivity contribution in [2.24, 2.45) is 23.7 Å². The van der Waals surface area contributed by atoms with Crippen LogP contribution in [0.4, 0.5) is 0 Å². The van der Waals surface area contributed by atoms with E-state index in [0.29, 0.717) is 0 Å². The molecule has 2 unspecified atom stereocenters. The third kappa shape index (κ3) is 10.4. The Bertz CT molecular complexity index is 521. The Morgan fingerprint density at radius 1 is 0.618 bits per heavy atom. The molecule has 2 aliphatic rings. The molecule has 6 nitrogen and oxygen atoms in total. The number of ether oxygens (including phenoxy) is 2. The average Bonchev–Trinajstić information content (AvgIpc) is 2.67. The molecule has 6 heteroatoms. The van der Waals surface area contributed by atoms with Crippen LogP contribution >= 0.6 is 0 Å². The third-order valence-corrected chi connectivity index (χ3v) is 8.06. The normalized spacial score (nSPS) is 32.8. The van der Waals surface area contributed by atoms with Gasteiger partial charge in [0.2, 0.25) is 0 Å². The van der Waals surface area contributed by atoms with Crippen molar-refractivity contribution in [3.8, 4) is 0 Å². The van der Waals surface area contributed by atoms with Gasteiger partial charge in [0, 0.05) is 0 Å². The van der Waals surface area contributed by atoms with Crippen LogP contribution in [-0.4, -0.2) is 55.4 Å². The first-order valence-electron chi connectivity index (χ1n) is 13.4. The van der Waals surface area contributed by atoms with Crippen LogP contribution in [0.2, 0.25) is 0 Å². The van der Waals surface area contributed by atoms with Gasteiger partial charge in [-0.1, -0.05) is 27.7 Å². The Hall–Kier alpha value is -0.240. The molecule has 0 saturated heterocycles. The number of rotatable bonds is 8. The fraction of sp³-hybridized carbons (Fsp3) is 1.00. The van der Waals surface area contributed by atoms with Gasteiger partial charge in [0.1, 0.15) is 11.2 Å². The van der Waals surface area contributed by atoms with Gasteiger partial charge in [-0.15, -0.1) is 0 Å². The maximum atomic E-state index is 9.81. The van der Waals surface area contributed by atoms with Crippen molar-refractivity contribution in [3.05, 3.63) is 0 Å². The summed E-state index contributed by atoms with van der Waals surface area (Å²) in [5.74, 6) is 2.98. The number of hydrogen-bond acceptors (Lipinski definition) is 6. The lowest BCUT2D eigenvalue weighted by Gasteiger charge is -2.41. The Kier molecular flexibility index (Phi) is 11.5. The molecule has 0 heterocycles. The van der Waals surface area contributed by atoms with Gasteiger partial charge in [0.15, 0.2) is 12.6 Å². The molecule has 0 amide bonds. The molecule has 2 fully saturated rings. The molecule has 0 spiro atoms. The Morgan fingerprint density at radius 2 is 0.853 bits per heavy atom. The lowest BCUT2D eigenvalue weighted by molar-refractivity contribution is -0.255. The van der Waals surface area contributed by atoms with Crippen LogP contribution in [0.15, 0.2) is 0 Å². The van der Waals surface area contributed by atoms with E-state index in [-0.39, 0.29) is 11.2 Å². The molecule has 2 rings (SSSR count). The van der Waals surface area contributed by atoms with Crippen molar-refractivity contribution in [2.75, 3.05) is 0 Å². The van der Waals surface area contributed by atoms with E-state index in [4.69, 9.17) is 9.47 Å². The van der Waals surface area contributed by atoms with Crippen LogP contribution in [0.3, 0.4) is 0 Å². The van der Waals surface area contributed by atoms with Crippen molar-refractivity contribution in [1.29, 1.82) is 0 Å². The van der Waals surface area contributed by atoms with Gasteiger partial charge in [-0.25, -0.2) is 0 Å². The molecule has 0 aromatic carbocycles. The summed E-state index contributed by atoms with van der Waals surface area (Å²) in [5, 5.41) is 39.0. The van der Waals surface area contributed by atoms with Crippen LogP contribution in [0, 0.1) is 23.7 Å². The van der Waals surface area contributed by atoms with E-state index in [9.17, 15) is 20.4 Å². The minimum absolute atomic E-state index is 0.287. The molecule has 0 aromatic heterocycles. The van der Waals surface area contributed by atoms with E-state index < -0.39 is 23.8 Å². The lowest BCUT2D eigenvalue weighted by atomic mass is 9.75. The van der Waals surface area contributed by atoms with Crippen molar-refractivity contribution in [1.82, 2.24) is 0 Å². The van der Waals surface area contributed by atoms with Crippen LogP contribution in [-0.2, 0) is 9.47 Å². The zero-order chi connectivity index (χ0) is 26.5. The maximum absolute atomic E-state index is 9.81. The van der Waals surface area contributed by atoms with Gasteiger partial charge in [0.25, 0.3) is 0 Å². The van der Waals surface area contributed by atoms with E-state index >= 15 is 0 Å². The smallest absolute Gasteiger partial charge is 0.183 e. The minimum Gasteiger partial charge on any atom is -0.385 e. The van der Waals surface area contributed by atoms with Gasteiger partial charge in [-0.2, -0.15) is 0 Å². The van der Waals surface area contributed by atoms with Gasteiger partial charge in [0.05, 0.1) is 11.2 Å². The standard InChI is InChI=1S/2C14H28O3/c2*1-10(2)11-6-8-14(5,9-7-11)17-12(15)13(3,4)16/h2*10-12,15-16H,6-9H2,1-5H3. The molecule has 204 valence electrons. The largest absolute Gasteiger partial charge is 0.385 e. The van der Waals surface area contributed by atoms with Crippen LogP contribution in [0.1, 0.15) is 121 Å². The van der Waals surface area contributed by atoms with E-state index in [1.807, 2.05) is 13.8 Å². The third-order valence-electron chi connectivity index (χ3n) is 8.06. The summed E-state index contributed by atoms with van der Waals surface area (Å²) in [6.45, 7) is 19.4. The monoisotopic (exact) mass is 488 g/mol. The summed E-state index contributed by atoms with van der Waals surface area (Å²) in [5.41, 5.74) is -2.97. The molecule has 2 atom stereocenters. The van der Waals surface area contributed by atoms with Crippen molar-refractivity contribution in [2.45, 2.75) is 156 Å². The fourth-order valence-electron chi connectivity index (χ4n) is 4.90. The summed E-state index contributed by atoms with van der Waals surface area (Å²) in [4.78, 5) is 0. The highest BCUT2D eigenvalue weighted by Crippen LogP contribution is 2.40. The molecule has 34 heavy (non-hydrogen) atoms. The number of aliphatic hydroxyl groups excluding tert-OH is 2. The second-order valence-corrected chi connectivity index (χ2v) is 13.3. The first kappa shape index (κ1) is 31.8. The highest BCUT2D eigenvalue weighted by Gasteiger charge is 2.39. The Morgan fingerprint density at radius 3 is 1.03 bits per heavy atom. The quantitative estimate of drug-likeness (QED) is 0.342. The summed E-state index contributed by atoms with van der Waals surface area (Å²) < 4.78 is 11.4. The summed E-state index contributed by atoms with van der Waals surface area (Å²) >= 11 is 0. The SMILES string of the molecule is CC(C)C1CCC(C)(OC(O)C(C)(C)O)CC1.CC(C)C1CCC(C)(OC(O)C(C)(C)O)CC1. The minimum atomic E-state index is -1.20. The van der Waals surface area contributed by atoms with E-state index in [2.05, 4.69) is 27.7 Å². The van der Waals surface area contributed by atoms with Crippen LogP contribution in [0.25, 0.3) is 0 Å². The topological polar surface area (TPSA) is 99.4 Å². The average molecular weight is 489 g/mol. The van der Waals surface area contributed by atoms with Gasteiger partial charge in [-0.3, -0.25) is 0 Å². The molecule has 0 bridgehead atoms. The van der Waals surface area contributed by atoms with E-state index in [1.54, 1.807) is 27.7 Å². The highest BCUT2D eigenvalue weighted by molar-refractivity contribution is 4.87. The molecule has 0 radical (unpaired) electrons. The Balaban J connectivity index is 0.000000340. The fourth-order valence-corrected chi connectivity index (χ4v) is 4.90. The summed E-state index contributed by atoms with van der Waals surface area (Å²) in [7, 11) is 0. The highest BCUT2D eigenvalue weighted by atomic mass is 16.6. The van der Waals surface area contributed by atoms with Crippen LogP contribution in [0.5, 0.6) is 0 Å². The second-order valence-electron chi connectivity index (χ2n) is 13.3. The lowest BCUT2D eigenvalue weighted by Crippen LogP contribution is -2.46. The molecule has 2 saturated carbocycles. The van der Waals surface area contributed by atoms with Gasteiger partial charge >= 0.3 is 0 Å². The van der Waals surface area contributed by atoms with Crippen molar-refractivity contribution in [3.63, 3.8) is 0 Å². The molecule has 0 aliphatic heterocycles. The predicted molar refractivity (Wildman–Crippen MR) is 137 cm³/mol. The maximum Gasteiger partial charge on any atom is 0.183 e. The zero-order valence-electron chi connectivity index (χ0n) is 23.7. The van der Waals surface area contributed by atoms with E-state index in [1.165, 1.54) is 0 Å². The molecular formula is C28H56O6. The first-order chi connectivity index (χ1) is 15.3. The number of hydrogen-bond donors (Lipinski definition) is 4. The van der Waals surface area contributed by atoms with Gasteiger partial charge in [-0.05, 0) is 117 Å². The molecule has 2 aliphatic carbocycles. The van der Waals surface area contributed by atoms with Crippen LogP contribution < -0.4 is 0 Å². The van der Waals surface area contributed by atoms with Crippen molar-refractivity contribution >= 4 is 0 Å². The molecular weight excluding hydrogens is 432 g/mol. The summed E-state index contributed by atoms with van der Waals surface area (Å²) in [6, 6.07) is 0. The summed E-state index contributed by atoms with van der Waals surface area (Å²) in [6.07, 6.45) is 6.21. The predicted octanol–water partition coefficient (Wildman–Crippen LogP) is 5.39. The second kappa shape index (κ2) is 12.3. The first-order valence-corrected chi connectivity index (χ1v) is 13.4. The van der Waals surface area contributed by atoms with Crippen molar-refractivity contribution < 1.29 is 29.9 Å². The Labute approximate surface area is 209 Å². The number of aliphatic hydroxyl groups is 4. The molecule has 0 aromatic rings. The molecule has 4 N–H and O–H groups in total. The van der Waals surface area contributed by atoms with Gasteiger partial charge < -0.3 is 29.9 Å².